The van der Waals surface area contributed by atoms with Gasteiger partial charge < -0.3 is 5.32 Å². The van der Waals surface area contributed by atoms with Gasteiger partial charge in [0, 0.05) is 5.38 Å². The highest BCUT2D eigenvalue weighted by Crippen LogP contribution is 2.16. The molecule has 1 N–H and O–H groups in total. The maximum absolute atomic E-state index is 11.4. The Hall–Kier alpha value is -1.20. The Morgan fingerprint density at radius 3 is 3.08 bits per heavy atom. The van der Waals surface area contributed by atoms with Crippen LogP contribution < -0.4 is 5.32 Å². The van der Waals surface area contributed by atoms with E-state index in [1.165, 1.54) is 22.7 Å². The molecule has 2 rings (SSSR count). The summed E-state index contributed by atoms with van der Waals surface area (Å²) >= 11 is 2.90. The normalized spacial score (nSPS) is 9.85. The van der Waals surface area contributed by atoms with Gasteiger partial charge in [0.1, 0.15) is 5.69 Å². The Balaban J connectivity index is 2.08. The predicted molar refractivity (Wildman–Crippen MR) is 54.4 cm³/mol. The summed E-state index contributed by atoms with van der Waals surface area (Å²) in [5.41, 5.74) is 2.11. The minimum absolute atomic E-state index is 0.149. The number of amides is 1. The van der Waals surface area contributed by atoms with Gasteiger partial charge in [-0.3, -0.25) is 4.79 Å². The molecule has 0 unspecified atom stereocenters. The van der Waals surface area contributed by atoms with Crippen molar-refractivity contribution in [1.29, 1.82) is 0 Å². The summed E-state index contributed by atoms with van der Waals surface area (Å²) in [5.74, 6) is -0.149. The lowest BCUT2D eigenvalue weighted by molar-refractivity contribution is 0.102. The Bertz CT molecular complexity index is 380. The lowest BCUT2D eigenvalue weighted by Gasteiger charge is -1.97. The molecule has 0 aromatic carbocycles. The van der Waals surface area contributed by atoms with Crippen molar-refractivity contribution in [1.82, 2.24) is 4.98 Å². The highest BCUT2D eigenvalue weighted by atomic mass is 32.1. The average Bonchev–Trinajstić information content (AvgIpc) is 2.74. The molecule has 13 heavy (non-hydrogen) atoms. The zero-order valence-corrected chi connectivity index (χ0v) is 8.19. The molecule has 0 aliphatic rings. The third kappa shape index (κ3) is 1.93. The largest absolute Gasteiger partial charge is 0.312 e. The molecule has 0 saturated carbocycles. The summed E-state index contributed by atoms with van der Waals surface area (Å²) in [7, 11) is 0. The fraction of sp³-hybridized carbons (Fsp3) is 0. The van der Waals surface area contributed by atoms with Gasteiger partial charge in [-0.05, 0) is 17.5 Å². The number of nitrogens with zero attached hydrogens (tertiary/aromatic N) is 1. The maximum Gasteiger partial charge on any atom is 0.275 e. The van der Waals surface area contributed by atoms with Crippen LogP contribution in [0.3, 0.4) is 0 Å². The van der Waals surface area contributed by atoms with E-state index >= 15 is 0 Å². The molecule has 0 radical (unpaired) electrons. The third-order valence-corrected chi connectivity index (χ3v) is 2.79. The second-order valence-electron chi connectivity index (χ2n) is 2.31. The molecule has 0 spiro atoms. The summed E-state index contributed by atoms with van der Waals surface area (Å²) < 4.78 is 0. The predicted octanol–water partition coefficient (Wildman–Crippen LogP) is 2.46. The van der Waals surface area contributed by atoms with Crippen LogP contribution in [-0.4, -0.2) is 10.9 Å². The van der Waals surface area contributed by atoms with Crippen LogP contribution in [0, 0.1) is 0 Å². The maximum atomic E-state index is 11.4. The molecule has 66 valence electrons. The Morgan fingerprint density at radius 1 is 1.54 bits per heavy atom. The number of rotatable bonds is 2. The molecule has 5 heteroatoms. The number of aromatic nitrogens is 1. The first-order valence-corrected chi connectivity index (χ1v) is 5.41. The SMILES string of the molecule is O=C(Nc1cccs1)c1cscn1. The number of thiophene rings is 1. The lowest BCUT2D eigenvalue weighted by Crippen LogP contribution is -2.10. The number of nitrogens with one attached hydrogen (secondary N) is 1. The van der Waals surface area contributed by atoms with Crippen molar-refractivity contribution in [3.05, 3.63) is 34.1 Å². The molecular formula is C8H6N2OS2. The first kappa shape index (κ1) is 8.40. The van der Waals surface area contributed by atoms with Gasteiger partial charge in [0.05, 0.1) is 10.5 Å². The first-order chi connectivity index (χ1) is 6.36. The summed E-state index contributed by atoms with van der Waals surface area (Å²) in [6.45, 7) is 0. The zero-order chi connectivity index (χ0) is 9.10. The van der Waals surface area contributed by atoms with Crippen molar-refractivity contribution in [3.8, 4) is 0 Å². The van der Waals surface area contributed by atoms with Gasteiger partial charge in [-0.2, -0.15) is 0 Å². The number of carbonyl (C=O) groups is 1. The summed E-state index contributed by atoms with van der Waals surface area (Å²) in [6, 6.07) is 3.75. The standard InChI is InChI=1S/C8H6N2OS2/c11-8(6-4-12-5-9-6)10-7-2-1-3-13-7/h1-5H,(H,10,11). The molecule has 1 amide bonds. The van der Waals surface area contributed by atoms with E-state index in [4.69, 9.17) is 0 Å². The van der Waals surface area contributed by atoms with Crippen LogP contribution in [0.25, 0.3) is 0 Å². The topological polar surface area (TPSA) is 42.0 Å². The molecule has 0 atom stereocenters. The van der Waals surface area contributed by atoms with Crippen molar-refractivity contribution >= 4 is 33.6 Å². The van der Waals surface area contributed by atoms with E-state index in [2.05, 4.69) is 10.3 Å². The molecule has 2 aromatic rings. The van der Waals surface area contributed by atoms with Gasteiger partial charge in [-0.15, -0.1) is 22.7 Å². The number of anilines is 1. The fourth-order valence-electron chi connectivity index (χ4n) is 0.850. The quantitative estimate of drug-likeness (QED) is 0.827. The number of hydrogen-bond donors (Lipinski definition) is 1. The van der Waals surface area contributed by atoms with Gasteiger partial charge in [-0.25, -0.2) is 4.98 Å². The lowest BCUT2D eigenvalue weighted by atomic mass is 10.4. The van der Waals surface area contributed by atoms with Crippen LogP contribution in [0.5, 0.6) is 0 Å². The van der Waals surface area contributed by atoms with Crippen molar-refractivity contribution in [2.75, 3.05) is 5.32 Å². The van der Waals surface area contributed by atoms with Crippen molar-refractivity contribution in [2.45, 2.75) is 0 Å². The second-order valence-corrected chi connectivity index (χ2v) is 3.97. The Labute approximate surface area is 83.1 Å². The van der Waals surface area contributed by atoms with Gasteiger partial charge >= 0.3 is 0 Å². The van der Waals surface area contributed by atoms with E-state index in [0.717, 1.165) is 5.00 Å². The highest BCUT2D eigenvalue weighted by molar-refractivity contribution is 7.14. The van der Waals surface area contributed by atoms with Gasteiger partial charge in [0.15, 0.2) is 0 Å². The zero-order valence-electron chi connectivity index (χ0n) is 6.56. The van der Waals surface area contributed by atoms with Crippen molar-refractivity contribution in [2.24, 2.45) is 0 Å². The molecule has 2 aromatic heterocycles. The minimum atomic E-state index is -0.149. The third-order valence-electron chi connectivity index (χ3n) is 1.42. The monoisotopic (exact) mass is 210 g/mol. The number of hydrogen-bond acceptors (Lipinski definition) is 4. The Morgan fingerprint density at radius 2 is 2.46 bits per heavy atom. The first-order valence-electron chi connectivity index (χ1n) is 3.59. The van der Waals surface area contributed by atoms with Gasteiger partial charge in [0.2, 0.25) is 0 Å². The van der Waals surface area contributed by atoms with Crippen molar-refractivity contribution < 1.29 is 4.79 Å². The van der Waals surface area contributed by atoms with Crippen LogP contribution >= 0.6 is 22.7 Å². The minimum Gasteiger partial charge on any atom is -0.312 e. The molecule has 2 heterocycles. The van der Waals surface area contributed by atoms with E-state index in [9.17, 15) is 4.79 Å². The smallest absolute Gasteiger partial charge is 0.275 e. The molecule has 3 nitrogen and oxygen atoms in total. The average molecular weight is 210 g/mol. The van der Waals surface area contributed by atoms with E-state index in [0.29, 0.717) is 5.69 Å². The summed E-state index contributed by atoms with van der Waals surface area (Å²) in [5, 5.41) is 7.23. The van der Waals surface area contributed by atoms with Crippen LogP contribution in [0.15, 0.2) is 28.4 Å². The highest BCUT2D eigenvalue weighted by Gasteiger charge is 2.07. The molecule has 0 aliphatic carbocycles. The fourth-order valence-corrected chi connectivity index (χ4v) is 1.99. The van der Waals surface area contributed by atoms with Crippen LogP contribution in [0.1, 0.15) is 10.5 Å². The summed E-state index contributed by atoms with van der Waals surface area (Å²) in [4.78, 5) is 15.3. The van der Waals surface area contributed by atoms with E-state index in [-0.39, 0.29) is 5.91 Å². The Kier molecular flexibility index (Phi) is 2.37. The summed E-state index contributed by atoms with van der Waals surface area (Å²) in [6.07, 6.45) is 0. The van der Waals surface area contributed by atoms with Crippen molar-refractivity contribution in [3.63, 3.8) is 0 Å². The van der Waals surface area contributed by atoms with Crippen LogP contribution in [0.2, 0.25) is 0 Å². The van der Waals surface area contributed by atoms with Gasteiger partial charge in [0.25, 0.3) is 5.91 Å². The van der Waals surface area contributed by atoms with E-state index in [1.807, 2.05) is 17.5 Å². The number of thiazole rings is 1. The number of carbonyl (C=O) groups excluding carboxylic acids is 1. The van der Waals surface area contributed by atoms with Crippen LogP contribution in [-0.2, 0) is 0 Å². The van der Waals surface area contributed by atoms with Gasteiger partial charge in [-0.1, -0.05) is 0 Å². The molecule has 0 bridgehead atoms. The molecular weight excluding hydrogens is 204 g/mol. The molecule has 0 aliphatic heterocycles. The van der Waals surface area contributed by atoms with E-state index < -0.39 is 0 Å². The molecule has 0 saturated heterocycles. The van der Waals surface area contributed by atoms with Crippen LogP contribution in [0.4, 0.5) is 5.00 Å². The second kappa shape index (κ2) is 3.68. The van der Waals surface area contributed by atoms with E-state index in [1.54, 1.807) is 10.9 Å². The molecule has 0 fully saturated rings.